The summed E-state index contributed by atoms with van der Waals surface area (Å²) in [5.74, 6) is 0.944. The summed E-state index contributed by atoms with van der Waals surface area (Å²) in [6, 6.07) is 0. The van der Waals surface area contributed by atoms with E-state index in [4.69, 9.17) is 5.11 Å². The molecule has 1 aromatic rings. The Bertz CT molecular complexity index is 250. The number of hydrogen-bond donors (Lipinski definition) is 1. The lowest BCUT2D eigenvalue weighted by atomic mass is 10.3. The van der Waals surface area contributed by atoms with Crippen molar-refractivity contribution >= 4 is 11.8 Å². The van der Waals surface area contributed by atoms with Crippen molar-refractivity contribution in [3.63, 3.8) is 0 Å². The molecule has 0 atom stereocenters. The lowest BCUT2D eigenvalue weighted by Gasteiger charge is -2.05. The highest BCUT2D eigenvalue weighted by molar-refractivity contribution is 7.99. The van der Waals surface area contributed by atoms with Crippen molar-refractivity contribution in [1.82, 2.24) is 9.55 Å². The molecule has 1 N–H and O–H groups in total. The van der Waals surface area contributed by atoms with E-state index in [1.807, 2.05) is 12.4 Å². The first kappa shape index (κ1) is 11.6. The fourth-order valence-corrected chi connectivity index (χ4v) is 2.07. The molecule has 1 heterocycles. The molecule has 0 spiro atoms. The molecule has 0 aliphatic rings. The van der Waals surface area contributed by atoms with Crippen LogP contribution in [0.15, 0.2) is 17.6 Å². The molecule has 0 aliphatic heterocycles. The maximum Gasteiger partial charge on any atom is 0.167 e. The Kier molecular flexibility index (Phi) is 5.71. The number of nitrogens with zero attached hydrogens (tertiary/aromatic N) is 2. The molecular formula is C10H18N2OS. The second-order valence-electron chi connectivity index (χ2n) is 3.18. The highest BCUT2D eigenvalue weighted by atomic mass is 32.2. The normalized spacial score (nSPS) is 10.7. The molecule has 3 nitrogen and oxygen atoms in total. The Labute approximate surface area is 89.5 Å². The minimum atomic E-state index is 0.267. The molecule has 0 bridgehead atoms. The van der Waals surface area contributed by atoms with Crippen molar-refractivity contribution in [2.75, 3.05) is 12.4 Å². The first-order valence-corrected chi connectivity index (χ1v) is 6.11. The molecule has 4 heteroatoms. The van der Waals surface area contributed by atoms with Crippen LogP contribution in [0.4, 0.5) is 0 Å². The Morgan fingerprint density at radius 3 is 3.07 bits per heavy atom. The molecule has 0 aliphatic carbocycles. The van der Waals surface area contributed by atoms with Gasteiger partial charge in [0.1, 0.15) is 0 Å². The topological polar surface area (TPSA) is 38.0 Å². The van der Waals surface area contributed by atoms with Crippen LogP contribution in [0.25, 0.3) is 0 Å². The third-order valence-corrected chi connectivity index (χ3v) is 3.05. The first-order valence-electron chi connectivity index (χ1n) is 5.13. The van der Waals surface area contributed by atoms with Crippen LogP contribution in [-0.4, -0.2) is 27.0 Å². The van der Waals surface area contributed by atoms with Gasteiger partial charge in [0.05, 0.1) is 0 Å². The van der Waals surface area contributed by atoms with Crippen LogP contribution in [0, 0.1) is 0 Å². The number of hydrogen-bond acceptors (Lipinski definition) is 3. The van der Waals surface area contributed by atoms with Crippen LogP contribution < -0.4 is 0 Å². The van der Waals surface area contributed by atoms with E-state index < -0.39 is 0 Å². The number of aliphatic hydroxyl groups is 1. The molecule has 1 aromatic heterocycles. The maximum absolute atomic E-state index is 8.67. The summed E-state index contributed by atoms with van der Waals surface area (Å²) < 4.78 is 2.19. The molecule has 0 saturated heterocycles. The SMILES string of the molecule is CCCCn1ccnc1SCCCO. The number of thioether (sulfide) groups is 1. The van der Waals surface area contributed by atoms with Crippen molar-refractivity contribution < 1.29 is 5.11 Å². The molecule has 14 heavy (non-hydrogen) atoms. The average Bonchev–Trinajstić information content (AvgIpc) is 2.63. The molecular weight excluding hydrogens is 196 g/mol. The second kappa shape index (κ2) is 6.90. The van der Waals surface area contributed by atoms with E-state index in [0.717, 1.165) is 23.9 Å². The van der Waals surface area contributed by atoms with E-state index in [2.05, 4.69) is 16.5 Å². The van der Waals surface area contributed by atoms with Gasteiger partial charge in [-0.05, 0) is 12.8 Å². The smallest absolute Gasteiger partial charge is 0.167 e. The van der Waals surface area contributed by atoms with Crippen LogP contribution in [-0.2, 0) is 6.54 Å². The minimum absolute atomic E-state index is 0.267. The summed E-state index contributed by atoms with van der Waals surface area (Å²) in [5.41, 5.74) is 0. The quantitative estimate of drug-likeness (QED) is 0.558. The van der Waals surface area contributed by atoms with Gasteiger partial charge < -0.3 is 9.67 Å². The van der Waals surface area contributed by atoms with Crippen molar-refractivity contribution in [1.29, 1.82) is 0 Å². The van der Waals surface area contributed by atoms with E-state index >= 15 is 0 Å². The molecule has 80 valence electrons. The molecule has 1 rings (SSSR count). The Morgan fingerprint density at radius 2 is 2.36 bits per heavy atom. The number of aliphatic hydroxyl groups excluding tert-OH is 1. The van der Waals surface area contributed by atoms with E-state index in [0.29, 0.717) is 0 Å². The zero-order chi connectivity index (χ0) is 10.2. The van der Waals surface area contributed by atoms with Gasteiger partial charge in [-0.3, -0.25) is 0 Å². The van der Waals surface area contributed by atoms with E-state index in [9.17, 15) is 0 Å². The van der Waals surface area contributed by atoms with Gasteiger partial charge in [-0.2, -0.15) is 0 Å². The maximum atomic E-state index is 8.67. The number of aromatic nitrogens is 2. The fraction of sp³-hybridized carbons (Fsp3) is 0.700. The summed E-state index contributed by atoms with van der Waals surface area (Å²) in [4.78, 5) is 4.29. The van der Waals surface area contributed by atoms with E-state index in [1.165, 1.54) is 12.8 Å². The zero-order valence-electron chi connectivity index (χ0n) is 8.65. The van der Waals surface area contributed by atoms with E-state index in [1.54, 1.807) is 11.8 Å². The van der Waals surface area contributed by atoms with Crippen LogP contribution >= 0.6 is 11.8 Å². The van der Waals surface area contributed by atoms with Gasteiger partial charge in [0.25, 0.3) is 0 Å². The van der Waals surface area contributed by atoms with E-state index in [-0.39, 0.29) is 6.61 Å². The Morgan fingerprint density at radius 1 is 1.50 bits per heavy atom. The average molecular weight is 214 g/mol. The van der Waals surface area contributed by atoms with Gasteiger partial charge in [0.15, 0.2) is 5.16 Å². The molecule has 0 unspecified atom stereocenters. The molecule has 0 saturated carbocycles. The number of rotatable bonds is 7. The predicted molar refractivity (Wildman–Crippen MR) is 59.6 cm³/mol. The summed E-state index contributed by atoms with van der Waals surface area (Å²) in [6.45, 7) is 3.51. The number of imidazole rings is 1. The minimum Gasteiger partial charge on any atom is -0.396 e. The van der Waals surface area contributed by atoms with Crippen LogP contribution in [0.1, 0.15) is 26.2 Å². The van der Waals surface area contributed by atoms with Gasteiger partial charge in [0, 0.05) is 31.3 Å². The summed E-state index contributed by atoms with van der Waals surface area (Å²) in [7, 11) is 0. The van der Waals surface area contributed by atoms with Gasteiger partial charge in [0.2, 0.25) is 0 Å². The Hall–Kier alpha value is -0.480. The summed E-state index contributed by atoms with van der Waals surface area (Å²) in [6.07, 6.45) is 7.11. The highest BCUT2D eigenvalue weighted by Crippen LogP contribution is 2.16. The van der Waals surface area contributed by atoms with Crippen LogP contribution in [0.3, 0.4) is 0 Å². The first-order chi connectivity index (χ1) is 6.88. The molecule has 0 radical (unpaired) electrons. The standard InChI is InChI=1S/C10H18N2OS/c1-2-3-6-12-7-5-11-10(12)14-9-4-8-13/h5,7,13H,2-4,6,8-9H2,1H3. The van der Waals surface area contributed by atoms with Gasteiger partial charge in [-0.1, -0.05) is 25.1 Å². The zero-order valence-corrected chi connectivity index (χ0v) is 9.46. The van der Waals surface area contributed by atoms with Crippen molar-refractivity contribution in [2.45, 2.75) is 37.9 Å². The monoisotopic (exact) mass is 214 g/mol. The third kappa shape index (κ3) is 3.72. The Balaban J connectivity index is 2.37. The van der Waals surface area contributed by atoms with Crippen molar-refractivity contribution in [2.24, 2.45) is 0 Å². The second-order valence-corrected chi connectivity index (χ2v) is 4.24. The lowest BCUT2D eigenvalue weighted by Crippen LogP contribution is -1.99. The van der Waals surface area contributed by atoms with Crippen molar-refractivity contribution in [3.05, 3.63) is 12.4 Å². The predicted octanol–water partition coefficient (Wildman–Crippen LogP) is 2.16. The summed E-state index contributed by atoms with van der Waals surface area (Å²) in [5, 5.41) is 9.74. The van der Waals surface area contributed by atoms with Gasteiger partial charge in [-0.25, -0.2) is 4.98 Å². The largest absolute Gasteiger partial charge is 0.396 e. The molecule has 0 aromatic carbocycles. The molecule has 0 amide bonds. The lowest BCUT2D eigenvalue weighted by molar-refractivity contribution is 0.296. The van der Waals surface area contributed by atoms with Crippen molar-refractivity contribution in [3.8, 4) is 0 Å². The summed E-state index contributed by atoms with van der Waals surface area (Å²) >= 11 is 1.72. The highest BCUT2D eigenvalue weighted by Gasteiger charge is 2.01. The van der Waals surface area contributed by atoms with Crippen LogP contribution in [0.5, 0.6) is 0 Å². The van der Waals surface area contributed by atoms with Gasteiger partial charge in [-0.15, -0.1) is 0 Å². The number of unbranched alkanes of at least 4 members (excludes halogenated alkanes) is 1. The number of aryl methyl sites for hydroxylation is 1. The van der Waals surface area contributed by atoms with Crippen LogP contribution in [0.2, 0.25) is 0 Å². The molecule has 0 fully saturated rings. The van der Waals surface area contributed by atoms with Gasteiger partial charge >= 0.3 is 0 Å². The third-order valence-electron chi connectivity index (χ3n) is 1.96. The fourth-order valence-electron chi connectivity index (χ4n) is 1.16.